The van der Waals surface area contributed by atoms with E-state index in [1.54, 1.807) is 12.1 Å². The van der Waals surface area contributed by atoms with Crippen LogP contribution in [0.25, 0.3) is 11.4 Å². The van der Waals surface area contributed by atoms with Gasteiger partial charge in [-0.25, -0.2) is 4.39 Å². The molecule has 0 aliphatic heterocycles. The molecule has 0 fully saturated rings. The third kappa shape index (κ3) is 4.31. The van der Waals surface area contributed by atoms with Crippen LogP contribution >= 0.6 is 23.4 Å². The van der Waals surface area contributed by atoms with Gasteiger partial charge >= 0.3 is 0 Å². The van der Waals surface area contributed by atoms with E-state index in [4.69, 9.17) is 16.3 Å². The van der Waals surface area contributed by atoms with Crippen molar-refractivity contribution in [3.05, 3.63) is 58.9 Å². The average molecular weight is 406 g/mol. The molecule has 0 amide bonds. The first kappa shape index (κ1) is 19.4. The van der Waals surface area contributed by atoms with Crippen LogP contribution in [0.1, 0.15) is 17.3 Å². The van der Waals surface area contributed by atoms with Gasteiger partial charge in [0.25, 0.3) is 0 Å². The van der Waals surface area contributed by atoms with Crippen LogP contribution in [0.15, 0.2) is 47.6 Å². The van der Waals surface area contributed by atoms with Crippen molar-refractivity contribution in [3.8, 4) is 17.1 Å². The number of hydrogen-bond donors (Lipinski definition) is 0. The van der Waals surface area contributed by atoms with Crippen molar-refractivity contribution in [1.29, 1.82) is 0 Å². The van der Waals surface area contributed by atoms with E-state index in [9.17, 15) is 9.18 Å². The summed E-state index contributed by atoms with van der Waals surface area (Å²) in [6.45, 7) is 2.62. The molecule has 3 aromatic rings. The van der Waals surface area contributed by atoms with Crippen LogP contribution in [0.5, 0.6) is 5.75 Å². The molecule has 1 aromatic heterocycles. The minimum absolute atomic E-state index is 0.0958. The lowest BCUT2D eigenvalue weighted by Crippen LogP contribution is -2.07. The van der Waals surface area contributed by atoms with Gasteiger partial charge < -0.3 is 9.30 Å². The Kier molecular flexibility index (Phi) is 6.13. The van der Waals surface area contributed by atoms with Gasteiger partial charge in [0, 0.05) is 17.1 Å². The molecule has 8 heteroatoms. The van der Waals surface area contributed by atoms with Gasteiger partial charge in [0.2, 0.25) is 0 Å². The molecule has 0 aliphatic rings. The Balaban J connectivity index is 1.80. The summed E-state index contributed by atoms with van der Waals surface area (Å²) < 4.78 is 20.6. The van der Waals surface area contributed by atoms with Crippen molar-refractivity contribution in [3.63, 3.8) is 0 Å². The molecule has 0 N–H and O–H groups in total. The molecule has 27 heavy (non-hydrogen) atoms. The van der Waals surface area contributed by atoms with Gasteiger partial charge in [-0.2, -0.15) is 0 Å². The fourth-order valence-corrected chi connectivity index (χ4v) is 3.61. The predicted molar refractivity (Wildman–Crippen MR) is 104 cm³/mol. The highest BCUT2D eigenvalue weighted by Gasteiger charge is 2.18. The van der Waals surface area contributed by atoms with Gasteiger partial charge in [-0.3, -0.25) is 4.79 Å². The maximum absolute atomic E-state index is 13.5. The number of rotatable bonds is 7. The van der Waals surface area contributed by atoms with E-state index in [1.165, 1.54) is 37.1 Å². The monoisotopic (exact) mass is 405 g/mol. The summed E-state index contributed by atoms with van der Waals surface area (Å²) in [5, 5.41) is 9.70. The van der Waals surface area contributed by atoms with Crippen molar-refractivity contribution < 1.29 is 13.9 Å². The highest BCUT2D eigenvalue weighted by Crippen LogP contribution is 2.27. The second-order valence-corrected chi connectivity index (χ2v) is 6.99. The molecule has 5 nitrogen and oxygen atoms in total. The summed E-state index contributed by atoms with van der Waals surface area (Å²) in [5.74, 6) is 0.424. The summed E-state index contributed by atoms with van der Waals surface area (Å²) in [4.78, 5) is 12.5. The molecule has 0 saturated heterocycles. The van der Waals surface area contributed by atoms with Crippen molar-refractivity contribution >= 4 is 29.1 Å². The lowest BCUT2D eigenvalue weighted by molar-refractivity contribution is 0.101. The van der Waals surface area contributed by atoms with E-state index in [0.717, 1.165) is 5.56 Å². The maximum Gasteiger partial charge on any atom is 0.191 e. The summed E-state index contributed by atoms with van der Waals surface area (Å²) >= 11 is 7.19. The van der Waals surface area contributed by atoms with Crippen LogP contribution in [0, 0.1) is 5.82 Å². The molecule has 0 unspecified atom stereocenters. The maximum atomic E-state index is 13.5. The first-order valence-electron chi connectivity index (χ1n) is 8.22. The summed E-state index contributed by atoms with van der Waals surface area (Å²) in [6, 6.07) is 11.2. The SMILES string of the molecule is CCn1c(SCC(=O)c2cc(F)ccc2OC)nnc1-c1ccc(Cl)cc1. The van der Waals surface area contributed by atoms with Crippen molar-refractivity contribution in [2.45, 2.75) is 18.6 Å². The molecule has 0 saturated carbocycles. The van der Waals surface area contributed by atoms with E-state index in [0.29, 0.717) is 28.3 Å². The zero-order chi connectivity index (χ0) is 19.4. The number of ketones is 1. The second kappa shape index (κ2) is 8.54. The zero-order valence-electron chi connectivity index (χ0n) is 14.8. The molecule has 0 bridgehead atoms. The number of thioether (sulfide) groups is 1. The number of hydrogen-bond acceptors (Lipinski definition) is 5. The van der Waals surface area contributed by atoms with Crippen LogP contribution in [-0.2, 0) is 6.54 Å². The fraction of sp³-hybridized carbons (Fsp3) is 0.211. The number of nitrogens with zero attached hydrogens (tertiary/aromatic N) is 3. The van der Waals surface area contributed by atoms with E-state index < -0.39 is 5.82 Å². The Bertz CT molecular complexity index is 960. The quantitative estimate of drug-likeness (QED) is 0.419. The molecule has 2 aromatic carbocycles. The van der Waals surface area contributed by atoms with Crippen molar-refractivity contribution in [2.24, 2.45) is 0 Å². The Labute approximate surface area is 165 Å². The number of halogens is 2. The lowest BCUT2D eigenvalue weighted by atomic mass is 10.1. The van der Waals surface area contributed by atoms with Crippen LogP contribution < -0.4 is 4.74 Å². The highest BCUT2D eigenvalue weighted by molar-refractivity contribution is 7.99. The summed E-state index contributed by atoms with van der Waals surface area (Å²) in [5.41, 5.74) is 1.10. The van der Waals surface area contributed by atoms with Crippen LogP contribution in [0.2, 0.25) is 5.02 Å². The van der Waals surface area contributed by atoms with Gasteiger partial charge in [0.05, 0.1) is 18.4 Å². The Morgan fingerprint density at radius 1 is 1.22 bits per heavy atom. The molecule has 0 spiro atoms. The average Bonchev–Trinajstić information content (AvgIpc) is 3.09. The number of aromatic nitrogens is 3. The molecule has 0 aliphatic carbocycles. The standard InChI is InChI=1S/C19H17ClFN3O2S/c1-3-24-18(12-4-6-13(20)7-5-12)22-23-19(24)27-11-16(25)15-10-14(21)8-9-17(15)26-2/h4-10H,3,11H2,1-2H3. The van der Waals surface area contributed by atoms with E-state index in [1.807, 2.05) is 23.6 Å². The fourth-order valence-electron chi connectivity index (χ4n) is 2.60. The third-order valence-electron chi connectivity index (χ3n) is 3.93. The predicted octanol–water partition coefficient (Wildman–Crippen LogP) is 4.74. The number of ether oxygens (including phenoxy) is 1. The van der Waals surface area contributed by atoms with E-state index in [-0.39, 0.29) is 17.1 Å². The molecule has 3 rings (SSSR count). The molecule has 0 atom stereocenters. The highest BCUT2D eigenvalue weighted by atomic mass is 35.5. The molecular formula is C19H17ClFN3O2S. The van der Waals surface area contributed by atoms with Crippen molar-refractivity contribution in [1.82, 2.24) is 14.8 Å². The zero-order valence-corrected chi connectivity index (χ0v) is 16.4. The Morgan fingerprint density at radius 2 is 1.96 bits per heavy atom. The Morgan fingerprint density at radius 3 is 2.63 bits per heavy atom. The number of carbonyl (C=O) groups excluding carboxylic acids is 1. The van der Waals surface area contributed by atoms with Crippen LogP contribution in [0.3, 0.4) is 0 Å². The van der Waals surface area contributed by atoms with Gasteiger partial charge in [-0.1, -0.05) is 23.4 Å². The van der Waals surface area contributed by atoms with Gasteiger partial charge in [-0.15, -0.1) is 10.2 Å². The number of benzene rings is 2. The lowest BCUT2D eigenvalue weighted by Gasteiger charge is -2.09. The topological polar surface area (TPSA) is 57.0 Å². The number of methoxy groups -OCH3 is 1. The Hall–Kier alpha value is -2.38. The minimum atomic E-state index is -0.481. The third-order valence-corrected chi connectivity index (χ3v) is 5.15. The first-order valence-corrected chi connectivity index (χ1v) is 9.58. The second-order valence-electron chi connectivity index (χ2n) is 5.61. The van der Waals surface area contributed by atoms with E-state index >= 15 is 0 Å². The first-order chi connectivity index (χ1) is 13.0. The molecule has 0 radical (unpaired) electrons. The molecule has 140 valence electrons. The van der Waals surface area contributed by atoms with Crippen molar-refractivity contribution in [2.75, 3.05) is 12.9 Å². The normalized spacial score (nSPS) is 10.8. The minimum Gasteiger partial charge on any atom is -0.496 e. The van der Waals surface area contributed by atoms with Gasteiger partial charge in [0.1, 0.15) is 11.6 Å². The summed E-state index contributed by atoms with van der Waals surface area (Å²) in [6.07, 6.45) is 0. The molecule has 1 heterocycles. The summed E-state index contributed by atoms with van der Waals surface area (Å²) in [7, 11) is 1.45. The number of carbonyl (C=O) groups is 1. The number of Topliss-reactive ketones (excluding diaryl/α,β-unsaturated/α-hetero) is 1. The largest absolute Gasteiger partial charge is 0.496 e. The van der Waals surface area contributed by atoms with Gasteiger partial charge in [0.15, 0.2) is 16.8 Å². The smallest absolute Gasteiger partial charge is 0.191 e. The molecular weight excluding hydrogens is 389 g/mol. The van der Waals surface area contributed by atoms with Gasteiger partial charge in [-0.05, 0) is 49.4 Å². The van der Waals surface area contributed by atoms with Crippen LogP contribution in [0.4, 0.5) is 4.39 Å². The van der Waals surface area contributed by atoms with Crippen LogP contribution in [-0.4, -0.2) is 33.4 Å². The van der Waals surface area contributed by atoms with E-state index in [2.05, 4.69) is 10.2 Å².